The molecule has 0 aliphatic rings. The van der Waals surface area contributed by atoms with Gasteiger partial charge in [-0.25, -0.2) is 13.6 Å². The van der Waals surface area contributed by atoms with Gasteiger partial charge in [-0.05, 0) is 11.3 Å². The van der Waals surface area contributed by atoms with Crippen molar-refractivity contribution in [3.05, 3.63) is 0 Å². The number of rotatable bonds is 4. The summed E-state index contributed by atoms with van der Waals surface area (Å²) in [4.78, 5) is 0. The maximum Gasteiger partial charge on any atom is 0.209 e. The smallest absolute Gasteiger partial charge is 0.209 e. The van der Waals surface area contributed by atoms with Crippen LogP contribution in [0.25, 0.3) is 0 Å². The SMILES string of the molecule is CCC(C)(C)C(C)CS(N)(=O)=O. The fourth-order valence-corrected chi connectivity index (χ4v) is 2.07. The molecule has 0 saturated heterocycles. The fourth-order valence-electron chi connectivity index (χ4n) is 0.923. The summed E-state index contributed by atoms with van der Waals surface area (Å²) in [5.41, 5.74) is 0.0481. The fraction of sp³-hybridized carbons (Fsp3) is 1.00. The highest BCUT2D eigenvalue weighted by Crippen LogP contribution is 2.30. The highest BCUT2D eigenvalue weighted by atomic mass is 32.2. The molecule has 0 bridgehead atoms. The van der Waals surface area contributed by atoms with Gasteiger partial charge in [0, 0.05) is 0 Å². The Morgan fingerprint density at radius 3 is 2.08 bits per heavy atom. The third-order valence-electron chi connectivity index (χ3n) is 2.73. The van der Waals surface area contributed by atoms with Crippen molar-refractivity contribution < 1.29 is 8.42 Å². The van der Waals surface area contributed by atoms with Gasteiger partial charge < -0.3 is 0 Å². The summed E-state index contributed by atoms with van der Waals surface area (Å²) >= 11 is 0. The summed E-state index contributed by atoms with van der Waals surface area (Å²) in [7, 11) is -3.32. The normalized spacial score (nSPS) is 16.1. The van der Waals surface area contributed by atoms with Crippen LogP contribution in [0.5, 0.6) is 0 Å². The van der Waals surface area contributed by atoms with Crippen molar-refractivity contribution in [3.8, 4) is 0 Å². The molecule has 0 fully saturated rings. The first-order valence-corrected chi connectivity index (χ1v) is 5.91. The Morgan fingerprint density at radius 2 is 1.83 bits per heavy atom. The molecule has 0 spiro atoms. The highest BCUT2D eigenvalue weighted by molar-refractivity contribution is 7.89. The zero-order valence-corrected chi connectivity index (χ0v) is 9.11. The number of hydrogen-bond donors (Lipinski definition) is 1. The molecule has 2 N–H and O–H groups in total. The lowest BCUT2D eigenvalue weighted by Gasteiger charge is -2.29. The molecular weight excluding hydrogens is 174 g/mol. The predicted molar refractivity (Wildman–Crippen MR) is 51.2 cm³/mol. The summed E-state index contributed by atoms with van der Waals surface area (Å²) in [6.45, 7) is 8.10. The molecule has 0 aliphatic carbocycles. The first kappa shape index (κ1) is 11.9. The molecule has 1 atom stereocenters. The maximum absolute atomic E-state index is 10.8. The van der Waals surface area contributed by atoms with E-state index >= 15 is 0 Å². The van der Waals surface area contributed by atoms with E-state index in [1.165, 1.54) is 0 Å². The van der Waals surface area contributed by atoms with Gasteiger partial charge in [-0.1, -0.05) is 34.1 Å². The van der Waals surface area contributed by atoms with Crippen molar-refractivity contribution in [3.63, 3.8) is 0 Å². The van der Waals surface area contributed by atoms with Crippen molar-refractivity contribution in [2.45, 2.75) is 34.1 Å². The van der Waals surface area contributed by atoms with Crippen LogP contribution in [0.4, 0.5) is 0 Å². The number of primary sulfonamides is 1. The van der Waals surface area contributed by atoms with Crippen molar-refractivity contribution in [2.75, 3.05) is 5.75 Å². The van der Waals surface area contributed by atoms with E-state index in [2.05, 4.69) is 20.8 Å². The Balaban J connectivity index is 4.32. The zero-order valence-electron chi connectivity index (χ0n) is 8.29. The molecule has 74 valence electrons. The van der Waals surface area contributed by atoms with Crippen LogP contribution in [0.2, 0.25) is 0 Å². The second-order valence-corrected chi connectivity index (χ2v) is 5.73. The van der Waals surface area contributed by atoms with Crippen LogP contribution in [0, 0.1) is 11.3 Å². The van der Waals surface area contributed by atoms with Crippen molar-refractivity contribution in [1.82, 2.24) is 0 Å². The molecule has 0 aromatic heterocycles. The predicted octanol–water partition coefficient (Wildman–Crippen LogP) is 1.35. The lowest BCUT2D eigenvalue weighted by Crippen LogP contribution is -2.30. The Morgan fingerprint density at radius 1 is 1.42 bits per heavy atom. The van der Waals surface area contributed by atoms with Crippen LogP contribution in [0.15, 0.2) is 0 Å². The van der Waals surface area contributed by atoms with E-state index in [0.717, 1.165) is 6.42 Å². The van der Waals surface area contributed by atoms with E-state index in [0.29, 0.717) is 0 Å². The standard InChI is InChI=1S/C8H19NO2S/c1-5-8(3,4)7(2)6-12(9,10)11/h7H,5-6H2,1-4H3,(H2,9,10,11). The lowest BCUT2D eigenvalue weighted by atomic mass is 9.79. The Kier molecular flexibility index (Phi) is 3.72. The Labute approximate surface area is 75.4 Å². The molecule has 0 heterocycles. The molecule has 3 nitrogen and oxygen atoms in total. The van der Waals surface area contributed by atoms with E-state index in [4.69, 9.17) is 5.14 Å². The van der Waals surface area contributed by atoms with E-state index < -0.39 is 10.0 Å². The van der Waals surface area contributed by atoms with E-state index in [-0.39, 0.29) is 17.1 Å². The molecule has 0 aliphatic heterocycles. The quantitative estimate of drug-likeness (QED) is 0.732. The van der Waals surface area contributed by atoms with Gasteiger partial charge in [0.15, 0.2) is 0 Å². The molecule has 0 rings (SSSR count). The second kappa shape index (κ2) is 3.75. The van der Waals surface area contributed by atoms with E-state index in [1.807, 2.05) is 6.92 Å². The Hall–Kier alpha value is -0.0900. The largest absolute Gasteiger partial charge is 0.229 e. The van der Waals surface area contributed by atoms with E-state index in [1.54, 1.807) is 0 Å². The van der Waals surface area contributed by atoms with Gasteiger partial charge in [-0.3, -0.25) is 0 Å². The minimum atomic E-state index is -3.32. The maximum atomic E-state index is 10.8. The summed E-state index contributed by atoms with van der Waals surface area (Å²) in [5, 5.41) is 4.96. The molecule has 0 radical (unpaired) electrons. The molecule has 0 saturated carbocycles. The first-order chi connectivity index (χ1) is 5.19. The monoisotopic (exact) mass is 193 g/mol. The van der Waals surface area contributed by atoms with Gasteiger partial charge in [0.2, 0.25) is 10.0 Å². The average molecular weight is 193 g/mol. The average Bonchev–Trinajstić information content (AvgIpc) is 1.84. The van der Waals surface area contributed by atoms with Crippen LogP contribution in [-0.2, 0) is 10.0 Å². The molecule has 1 unspecified atom stereocenters. The molecule has 12 heavy (non-hydrogen) atoms. The van der Waals surface area contributed by atoms with Crippen molar-refractivity contribution >= 4 is 10.0 Å². The van der Waals surface area contributed by atoms with Gasteiger partial charge in [0.25, 0.3) is 0 Å². The summed E-state index contributed by atoms with van der Waals surface area (Å²) in [6.07, 6.45) is 0.962. The molecular formula is C8H19NO2S. The topological polar surface area (TPSA) is 60.2 Å². The van der Waals surface area contributed by atoms with E-state index in [9.17, 15) is 8.42 Å². The lowest BCUT2D eigenvalue weighted by molar-refractivity contribution is 0.242. The summed E-state index contributed by atoms with van der Waals surface area (Å²) in [5.74, 6) is 0.186. The number of hydrogen-bond acceptors (Lipinski definition) is 2. The second-order valence-electron chi connectivity index (χ2n) is 4.07. The zero-order chi connectivity index (χ0) is 9.99. The molecule has 0 aromatic carbocycles. The summed E-state index contributed by atoms with van der Waals surface area (Å²) < 4.78 is 21.6. The van der Waals surface area contributed by atoms with Gasteiger partial charge in [-0.2, -0.15) is 0 Å². The molecule has 0 amide bonds. The minimum absolute atomic E-state index is 0.0481. The van der Waals surface area contributed by atoms with Gasteiger partial charge >= 0.3 is 0 Å². The Bertz CT molecular complexity index is 231. The van der Waals surface area contributed by atoms with Crippen LogP contribution in [0.3, 0.4) is 0 Å². The highest BCUT2D eigenvalue weighted by Gasteiger charge is 2.26. The van der Waals surface area contributed by atoms with Crippen molar-refractivity contribution in [2.24, 2.45) is 16.5 Å². The molecule has 4 heteroatoms. The number of nitrogens with two attached hydrogens (primary N) is 1. The van der Waals surface area contributed by atoms with Gasteiger partial charge in [0.1, 0.15) is 0 Å². The van der Waals surface area contributed by atoms with Gasteiger partial charge in [-0.15, -0.1) is 0 Å². The van der Waals surface area contributed by atoms with Crippen LogP contribution in [0.1, 0.15) is 34.1 Å². The third kappa shape index (κ3) is 4.07. The molecule has 0 aromatic rings. The number of sulfonamides is 1. The third-order valence-corrected chi connectivity index (χ3v) is 3.69. The summed E-state index contributed by atoms with van der Waals surface area (Å²) in [6, 6.07) is 0. The van der Waals surface area contributed by atoms with Crippen LogP contribution in [-0.4, -0.2) is 14.2 Å². The van der Waals surface area contributed by atoms with Crippen LogP contribution < -0.4 is 5.14 Å². The minimum Gasteiger partial charge on any atom is -0.229 e. The van der Waals surface area contributed by atoms with Crippen LogP contribution >= 0.6 is 0 Å². The van der Waals surface area contributed by atoms with Gasteiger partial charge in [0.05, 0.1) is 5.75 Å². The first-order valence-electron chi connectivity index (χ1n) is 4.19. The van der Waals surface area contributed by atoms with Crippen molar-refractivity contribution in [1.29, 1.82) is 0 Å².